The van der Waals surface area contributed by atoms with Crippen molar-refractivity contribution >= 4 is 17.6 Å². The van der Waals surface area contributed by atoms with Crippen LogP contribution in [0.1, 0.15) is 6.42 Å². The molecule has 9 heavy (non-hydrogen) atoms. The molecule has 3 nitrogen and oxygen atoms in total. The quantitative estimate of drug-likeness (QED) is 0.337. The average Bonchev–Trinajstić information content (AvgIpc) is 1.59. The average molecular weight is 195 g/mol. The van der Waals surface area contributed by atoms with Crippen molar-refractivity contribution in [3.05, 3.63) is 5.21 Å². The Kier molecular flexibility index (Phi) is 7.05. The van der Waals surface area contributed by atoms with E-state index in [1.165, 1.54) is 0 Å². The molecule has 0 saturated carbocycles. The van der Waals surface area contributed by atoms with Gasteiger partial charge in [0.05, 0.1) is 20.6 Å². The molecule has 0 aromatic carbocycles. The third kappa shape index (κ3) is 11.8. The standard InChI is InChI=1S/C5H14N2O.GeH4/c1-7(2,8)5-3-4-6;/h3-6H2,1-2H3;1H4. The Hall–Kier alpha value is 0.423. The van der Waals surface area contributed by atoms with Crippen molar-refractivity contribution in [2.45, 2.75) is 6.42 Å². The molecule has 0 heterocycles. The molecule has 4 heteroatoms. The molecule has 0 bridgehead atoms. The van der Waals surface area contributed by atoms with Crippen LogP contribution in [0.15, 0.2) is 0 Å². The predicted molar refractivity (Wildman–Crippen MR) is 45.3 cm³/mol. The van der Waals surface area contributed by atoms with Crippen molar-refractivity contribution in [1.29, 1.82) is 0 Å². The van der Waals surface area contributed by atoms with Crippen molar-refractivity contribution in [3.63, 3.8) is 0 Å². The van der Waals surface area contributed by atoms with E-state index in [2.05, 4.69) is 0 Å². The summed E-state index contributed by atoms with van der Waals surface area (Å²) in [6.45, 7) is 1.24. The summed E-state index contributed by atoms with van der Waals surface area (Å²) in [5, 5.41) is 10.7. The van der Waals surface area contributed by atoms with Crippen LogP contribution in [0.5, 0.6) is 0 Å². The Morgan fingerprint density at radius 2 is 1.89 bits per heavy atom. The normalized spacial score (nSPS) is 10.7. The van der Waals surface area contributed by atoms with E-state index < -0.39 is 0 Å². The molecule has 0 spiro atoms. The van der Waals surface area contributed by atoms with E-state index in [1.54, 1.807) is 14.1 Å². The van der Waals surface area contributed by atoms with Gasteiger partial charge in [-0.2, -0.15) is 0 Å². The molecule has 0 fully saturated rings. The molecule has 0 amide bonds. The summed E-state index contributed by atoms with van der Waals surface area (Å²) < 4.78 is -0.225. The number of hydrogen-bond acceptors (Lipinski definition) is 2. The second-order valence-corrected chi connectivity index (χ2v) is 2.44. The Balaban J connectivity index is 0. The van der Waals surface area contributed by atoms with Crippen LogP contribution < -0.4 is 5.73 Å². The van der Waals surface area contributed by atoms with Gasteiger partial charge in [-0.25, -0.2) is 0 Å². The van der Waals surface area contributed by atoms with E-state index in [0.717, 1.165) is 6.42 Å². The molecule has 0 aliphatic rings. The van der Waals surface area contributed by atoms with Crippen molar-refractivity contribution in [1.82, 2.24) is 0 Å². The number of rotatable bonds is 3. The second kappa shape index (κ2) is 5.23. The summed E-state index contributed by atoms with van der Waals surface area (Å²) in [4.78, 5) is 0. The number of nitrogens with two attached hydrogens (primary N) is 1. The second-order valence-electron chi connectivity index (χ2n) is 2.44. The first-order chi connectivity index (χ1) is 3.56. The van der Waals surface area contributed by atoms with Crippen molar-refractivity contribution in [2.24, 2.45) is 5.73 Å². The molecule has 2 N–H and O–H groups in total. The van der Waals surface area contributed by atoms with Crippen LogP contribution in [0.3, 0.4) is 0 Å². The predicted octanol–water partition coefficient (Wildman–Crippen LogP) is -1.54. The van der Waals surface area contributed by atoms with Gasteiger partial charge in [0, 0.05) is 6.42 Å². The van der Waals surface area contributed by atoms with Crippen molar-refractivity contribution in [2.75, 3.05) is 27.2 Å². The van der Waals surface area contributed by atoms with Crippen LogP contribution in [0.4, 0.5) is 0 Å². The molecule has 0 aliphatic heterocycles. The number of hydroxylamine groups is 3. The number of hydrogen-bond donors (Lipinski definition) is 1. The molecule has 0 saturated heterocycles. The molecule has 0 radical (unpaired) electrons. The van der Waals surface area contributed by atoms with Gasteiger partial charge in [0.15, 0.2) is 0 Å². The van der Waals surface area contributed by atoms with Crippen LogP contribution >= 0.6 is 0 Å². The first-order valence-corrected chi connectivity index (χ1v) is 2.80. The Morgan fingerprint density at radius 3 is 2.00 bits per heavy atom. The van der Waals surface area contributed by atoms with Gasteiger partial charge in [-0.1, -0.05) is 0 Å². The minimum atomic E-state index is -0.225. The minimum absolute atomic E-state index is 0. The topological polar surface area (TPSA) is 49.1 Å². The van der Waals surface area contributed by atoms with E-state index in [-0.39, 0.29) is 22.2 Å². The third-order valence-electron chi connectivity index (χ3n) is 0.901. The summed E-state index contributed by atoms with van der Waals surface area (Å²) in [5.74, 6) is 0. The molecule has 0 aromatic heterocycles. The summed E-state index contributed by atoms with van der Waals surface area (Å²) in [5.41, 5.74) is 5.19. The first kappa shape index (κ1) is 12.1. The van der Waals surface area contributed by atoms with E-state index >= 15 is 0 Å². The summed E-state index contributed by atoms with van der Waals surface area (Å²) in [6.07, 6.45) is 0.816. The van der Waals surface area contributed by atoms with Gasteiger partial charge in [-0.15, -0.1) is 0 Å². The van der Waals surface area contributed by atoms with Crippen LogP contribution in [-0.2, 0) is 0 Å². The van der Waals surface area contributed by atoms with Crippen LogP contribution in [0.2, 0.25) is 0 Å². The zero-order valence-corrected chi connectivity index (χ0v) is 5.55. The van der Waals surface area contributed by atoms with E-state index in [1.807, 2.05) is 0 Å². The van der Waals surface area contributed by atoms with Gasteiger partial charge >= 0.3 is 17.6 Å². The van der Waals surface area contributed by atoms with Crippen molar-refractivity contribution in [3.8, 4) is 0 Å². The zero-order valence-electron chi connectivity index (χ0n) is 5.55. The van der Waals surface area contributed by atoms with Crippen LogP contribution in [0, 0.1) is 5.21 Å². The monoisotopic (exact) mass is 196 g/mol. The number of quaternary nitrogens is 1. The van der Waals surface area contributed by atoms with Gasteiger partial charge < -0.3 is 15.6 Å². The molecule has 0 rings (SSSR count). The molecule has 58 valence electrons. The maximum atomic E-state index is 10.7. The molecule has 0 aliphatic carbocycles. The first-order valence-electron chi connectivity index (χ1n) is 2.80. The maximum absolute atomic E-state index is 10.7. The van der Waals surface area contributed by atoms with Crippen molar-refractivity contribution < 1.29 is 4.65 Å². The summed E-state index contributed by atoms with van der Waals surface area (Å²) in [6, 6.07) is 0. The Labute approximate surface area is 67.4 Å². The van der Waals surface area contributed by atoms with E-state index in [0.29, 0.717) is 13.1 Å². The molecular weight excluding hydrogens is 177 g/mol. The Bertz CT molecular complexity index is 62.5. The number of nitrogens with zero attached hydrogens (tertiary/aromatic N) is 1. The fraction of sp³-hybridized carbons (Fsp3) is 1.00. The van der Waals surface area contributed by atoms with Gasteiger partial charge in [-0.05, 0) is 6.54 Å². The van der Waals surface area contributed by atoms with Gasteiger partial charge in [-0.3, -0.25) is 0 Å². The van der Waals surface area contributed by atoms with Crippen LogP contribution in [-0.4, -0.2) is 49.4 Å². The zero-order chi connectivity index (χ0) is 6.62. The fourth-order valence-corrected chi connectivity index (χ4v) is 0.472. The van der Waals surface area contributed by atoms with Gasteiger partial charge in [0.25, 0.3) is 0 Å². The molecular formula is C5H18GeN2O. The molecule has 0 atom stereocenters. The fourth-order valence-electron chi connectivity index (χ4n) is 0.472. The molecule has 0 aromatic rings. The van der Waals surface area contributed by atoms with Gasteiger partial charge in [0.1, 0.15) is 0 Å². The third-order valence-corrected chi connectivity index (χ3v) is 0.901. The van der Waals surface area contributed by atoms with Gasteiger partial charge in [0.2, 0.25) is 0 Å². The van der Waals surface area contributed by atoms with E-state index in [4.69, 9.17) is 5.73 Å². The summed E-state index contributed by atoms with van der Waals surface area (Å²) >= 11 is 0. The SMILES string of the molecule is C[N+](C)([O-])CCCN.[GeH4]. The molecule has 0 unspecified atom stereocenters. The summed E-state index contributed by atoms with van der Waals surface area (Å²) in [7, 11) is 3.24. The Morgan fingerprint density at radius 1 is 1.44 bits per heavy atom. The van der Waals surface area contributed by atoms with E-state index in [9.17, 15) is 5.21 Å². The van der Waals surface area contributed by atoms with Crippen LogP contribution in [0.25, 0.3) is 0 Å².